The second-order valence-electron chi connectivity index (χ2n) is 4.45. The first-order valence-electron chi connectivity index (χ1n) is 6.34. The lowest BCUT2D eigenvalue weighted by atomic mass is 10.2. The third-order valence-electron chi connectivity index (χ3n) is 2.92. The van der Waals surface area contributed by atoms with Crippen molar-refractivity contribution in [1.29, 1.82) is 5.26 Å². The van der Waals surface area contributed by atoms with E-state index in [1.807, 2.05) is 6.07 Å². The van der Waals surface area contributed by atoms with Gasteiger partial charge in [0, 0.05) is 20.2 Å². The van der Waals surface area contributed by atoms with E-state index < -0.39 is 0 Å². The highest BCUT2D eigenvalue weighted by Crippen LogP contribution is 2.08. The highest BCUT2D eigenvalue weighted by molar-refractivity contribution is 5.92. The van der Waals surface area contributed by atoms with Crippen molar-refractivity contribution >= 4 is 5.91 Å². The van der Waals surface area contributed by atoms with Gasteiger partial charge >= 0.3 is 0 Å². The van der Waals surface area contributed by atoms with E-state index in [4.69, 9.17) is 10.4 Å². The van der Waals surface area contributed by atoms with Gasteiger partial charge in [-0.15, -0.1) is 0 Å². The van der Waals surface area contributed by atoms with E-state index in [9.17, 15) is 4.79 Å². The first-order chi connectivity index (χ1) is 9.10. The third-order valence-corrected chi connectivity index (χ3v) is 2.92. The molecule has 0 spiro atoms. The largest absolute Gasteiger partial charge is 0.396 e. The molecule has 1 amide bonds. The summed E-state index contributed by atoms with van der Waals surface area (Å²) in [4.78, 5) is 17.9. The van der Waals surface area contributed by atoms with Crippen molar-refractivity contribution in [2.75, 3.05) is 20.2 Å². The van der Waals surface area contributed by atoms with Crippen molar-refractivity contribution in [3.05, 3.63) is 29.1 Å². The monoisotopic (exact) mass is 261 g/mol. The summed E-state index contributed by atoms with van der Waals surface area (Å²) in [5.41, 5.74) is 1.42. The molecule has 1 N–H and O–H groups in total. The number of hydrogen-bond donors (Lipinski definition) is 1. The molecule has 1 heterocycles. The molecular weight excluding hydrogens is 242 g/mol. The minimum Gasteiger partial charge on any atom is -0.396 e. The van der Waals surface area contributed by atoms with Crippen molar-refractivity contribution < 1.29 is 9.90 Å². The molecular formula is C14H19N3O2. The maximum atomic E-state index is 12.1. The molecule has 0 aliphatic heterocycles. The number of pyridine rings is 1. The van der Waals surface area contributed by atoms with Crippen LogP contribution < -0.4 is 0 Å². The fourth-order valence-corrected chi connectivity index (χ4v) is 1.73. The van der Waals surface area contributed by atoms with Gasteiger partial charge in [-0.2, -0.15) is 5.26 Å². The molecule has 0 saturated heterocycles. The van der Waals surface area contributed by atoms with Crippen molar-refractivity contribution in [3.63, 3.8) is 0 Å². The molecule has 1 aromatic heterocycles. The molecule has 0 aromatic carbocycles. The van der Waals surface area contributed by atoms with Crippen molar-refractivity contribution in [2.45, 2.75) is 26.2 Å². The SMILES string of the molecule is Cc1nc(C(=O)N(C)CCCCCO)ccc1C#N. The lowest BCUT2D eigenvalue weighted by Crippen LogP contribution is -2.28. The zero-order valence-electron chi connectivity index (χ0n) is 11.4. The first-order valence-corrected chi connectivity index (χ1v) is 6.34. The molecule has 102 valence electrons. The topological polar surface area (TPSA) is 77.2 Å². The second kappa shape index (κ2) is 7.49. The zero-order chi connectivity index (χ0) is 14.3. The Morgan fingerprint density at radius 1 is 1.42 bits per heavy atom. The summed E-state index contributed by atoms with van der Waals surface area (Å²) < 4.78 is 0. The molecule has 1 rings (SSSR count). The number of carbonyl (C=O) groups is 1. The molecule has 19 heavy (non-hydrogen) atoms. The number of nitriles is 1. The van der Waals surface area contributed by atoms with Gasteiger partial charge in [0.05, 0.1) is 11.3 Å². The van der Waals surface area contributed by atoms with E-state index >= 15 is 0 Å². The van der Waals surface area contributed by atoms with Crippen LogP contribution in [0.4, 0.5) is 0 Å². The van der Waals surface area contributed by atoms with Crippen molar-refractivity contribution in [3.8, 4) is 6.07 Å². The van der Waals surface area contributed by atoms with Crippen LogP contribution in [0.2, 0.25) is 0 Å². The first kappa shape index (κ1) is 15.1. The van der Waals surface area contributed by atoms with Gasteiger partial charge in [0.25, 0.3) is 5.91 Å². The van der Waals surface area contributed by atoms with Crippen LogP contribution in [0.5, 0.6) is 0 Å². The molecule has 0 atom stereocenters. The van der Waals surface area contributed by atoms with E-state index in [0.717, 1.165) is 19.3 Å². The number of amides is 1. The van der Waals surface area contributed by atoms with Crippen LogP contribution in [0.15, 0.2) is 12.1 Å². The van der Waals surface area contributed by atoms with Gasteiger partial charge in [0.1, 0.15) is 11.8 Å². The van der Waals surface area contributed by atoms with E-state index in [-0.39, 0.29) is 12.5 Å². The Labute approximate surface area is 113 Å². The molecule has 1 aromatic rings. The Morgan fingerprint density at radius 3 is 2.74 bits per heavy atom. The Morgan fingerprint density at radius 2 is 2.16 bits per heavy atom. The number of unbranched alkanes of at least 4 members (excludes halogenated alkanes) is 2. The molecule has 5 heteroatoms. The molecule has 0 bridgehead atoms. The van der Waals surface area contributed by atoms with Crippen molar-refractivity contribution in [2.24, 2.45) is 0 Å². The van der Waals surface area contributed by atoms with Crippen LogP contribution in [-0.2, 0) is 0 Å². The summed E-state index contributed by atoms with van der Waals surface area (Å²) in [6, 6.07) is 5.23. The maximum Gasteiger partial charge on any atom is 0.272 e. The van der Waals surface area contributed by atoms with Gasteiger partial charge in [-0.3, -0.25) is 4.79 Å². The number of aromatic nitrogens is 1. The standard InChI is InChI=1S/C14H19N3O2/c1-11-12(10-15)6-7-13(16-11)14(19)17(2)8-4-3-5-9-18/h6-7,18H,3-5,8-9H2,1-2H3. The van der Waals surface area contributed by atoms with Crippen LogP contribution in [0, 0.1) is 18.3 Å². The van der Waals surface area contributed by atoms with Gasteiger partial charge in [-0.1, -0.05) is 0 Å². The Kier molecular flexibility index (Phi) is 5.97. The average Bonchev–Trinajstić information content (AvgIpc) is 2.42. The molecule has 0 aliphatic carbocycles. The molecule has 5 nitrogen and oxygen atoms in total. The number of aryl methyl sites for hydroxylation is 1. The maximum absolute atomic E-state index is 12.1. The molecule has 0 fully saturated rings. The summed E-state index contributed by atoms with van der Waals surface area (Å²) in [5, 5.41) is 17.5. The van der Waals surface area contributed by atoms with Crippen LogP contribution in [0.1, 0.15) is 41.0 Å². The summed E-state index contributed by atoms with van der Waals surface area (Å²) in [6.45, 7) is 2.55. The van der Waals surface area contributed by atoms with Crippen LogP contribution in [0.3, 0.4) is 0 Å². The number of carbonyl (C=O) groups excluding carboxylic acids is 1. The smallest absolute Gasteiger partial charge is 0.272 e. The minimum absolute atomic E-state index is 0.142. The van der Waals surface area contributed by atoms with E-state index in [0.29, 0.717) is 23.5 Å². The molecule has 0 radical (unpaired) electrons. The van der Waals surface area contributed by atoms with Crippen LogP contribution >= 0.6 is 0 Å². The third kappa shape index (κ3) is 4.34. The fraction of sp³-hybridized carbons (Fsp3) is 0.500. The fourth-order valence-electron chi connectivity index (χ4n) is 1.73. The van der Waals surface area contributed by atoms with Crippen LogP contribution in [0.25, 0.3) is 0 Å². The van der Waals surface area contributed by atoms with Gasteiger partial charge in [-0.25, -0.2) is 4.98 Å². The minimum atomic E-state index is -0.142. The van der Waals surface area contributed by atoms with E-state index in [1.165, 1.54) is 0 Å². The van der Waals surface area contributed by atoms with Gasteiger partial charge in [0.15, 0.2) is 0 Å². The highest BCUT2D eigenvalue weighted by atomic mass is 16.2. The Balaban J connectivity index is 2.62. The highest BCUT2D eigenvalue weighted by Gasteiger charge is 2.13. The quantitative estimate of drug-likeness (QED) is 0.787. The lowest BCUT2D eigenvalue weighted by molar-refractivity contribution is 0.0786. The second-order valence-corrected chi connectivity index (χ2v) is 4.45. The predicted octanol–water partition coefficient (Wildman–Crippen LogP) is 1.50. The number of aliphatic hydroxyl groups is 1. The average molecular weight is 261 g/mol. The summed E-state index contributed by atoms with van der Waals surface area (Å²) >= 11 is 0. The summed E-state index contributed by atoms with van der Waals surface area (Å²) in [5.74, 6) is -0.142. The van der Waals surface area contributed by atoms with E-state index in [1.54, 1.807) is 31.0 Å². The van der Waals surface area contributed by atoms with Gasteiger partial charge < -0.3 is 10.0 Å². The number of nitrogens with zero attached hydrogens (tertiary/aromatic N) is 3. The number of aliphatic hydroxyl groups excluding tert-OH is 1. The van der Waals surface area contributed by atoms with Crippen LogP contribution in [-0.4, -0.2) is 41.1 Å². The molecule has 0 aliphatic rings. The van der Waals surface area contributed by atoms with Gasteiger partial charge in [-0.05, 0) is 38.3 Å². The number of rotatable bonds is 6. The van der Waals surface area contributed by atoms with Crippen molar-refractivity contribution in [1.82, 2.24) is 9.88 Å². The van der Waals surface area contributed by atoms with E-state index in [2.05, 4.69) is 4.98 Å². The molecule has 0 saturated carbocycles. The molecule has 0 unspecified atom stereocenters. The number of hydrogen-bond acceptors (Lipinski definition) is 4. The Hall–Kier alpha value is -1.93. The summed E-state index contributed by atoms with van der Waals surface area (Å²) in [6.07, 6.45) is 2.52. The zero-order valence-corrected chi connectivity index (χ0v) is 11.4. The lowest BCUT2D eigenvalue weighted by Gasteiger charge is -2.16. The Bertz CT molecular complexity index is 480. The van der Waals surface area contributed by atoms with Gasteiger partial charge in [0.2, 0.25) is 0 Å². The predicted molar refractivity (Wildman–Crippen MR) is 71.6 cm³/mol. The summed E-state index contributed by atoms with van der Waals surface area (Å²) in [7, 11) is 1.73. The normalized spacial score (nSPS) is 10.0.